The van der Waals surface area contributed by atoms with Crippen LogP contribution >= 0.6 is 0 Å². The summed E-state index contributed by atoms with van der Waals surface area (Å²) in [5.74, 6) is 0.896. The van der Waals surface area contributed by atoms with E-state index in [1.165, 1.54) is 16.6 Å². The molecule has 1 aromatic carbocycles. The molecule has 1 aromatic heterocycles. The first-order valence-corrected chi connectivity index (χ1v) is 5.62. The van der Waals surface area contributed by atoms with E-state index in [2.05, 4.69) is 23.3 Å². The first-order valence-electron chi connectivity index (χ1n) is 5.62. The zero-order chi connectivity index (χ0) is 11.5. The Morgan fingerprint density at radius 3 is 2.81 bits per heavy atom. The van der Waals surface area contributed by atoms with Gasteiger partial charge in [0.25, 0.3) is 0 Å². The molecule has 0 atom stereocenters. The molecule has 0 radical (unpaired) electrons. The number of H-pyrrole nitrogens is 1. The molecule has 0 amide bonds. The van der Waals surface area contributed by atoms with Gasteiger partial charge in [0.05, 0.1) is 7.11 Å². The van der Waals surface area contributed by atoms with Crippen LogP contribution in [0, 0.1) is 0 Å². The summed E-state index contributed by atoms with van der Waals surface area (Å²) in [5, 5.41) is 4.49. The molecule has 2 rings (SSSR count). The summed E-state index contributed by atoms with van der Waals surface area (Å²) in [4.78, 5) is 3.45. The van der Waals surface area contributed by atoms with Gasteiger partial charge in [-0.3, -0.25) is 0 Å². The standard InChI is InChI=1S/C13H18N2O/c1-4-10-11-6-5-9(16-3)7-12(11)15-13(10)8-14-2/h5-7,14-15H,4,8H2,1-3H3. The average Bonchev–Trinajstić information content (AvgIpc) is 2.65. The predicted octanol–water partition coefficient (Wildman–Crippen LogP) is 2.46. The maximum absolute atomic E-state index is 5.23. The number of nitrogens with one attached hydrogen (secondary N) is 2. The SMILES string of the molecule is CCc1c(CNC)[nH]c2cc(OC)ccc12. The summed E-state index contributed by atoms with van der Waals surface area (Å²) in [6.45, 7) is 3.06. The normalized spacial score (nSPS) is 10.9. The van der Waals surface area contributed by atoms with E-state index in [-0.39, 0.29) is 0 Å². The third-order valence-electron chi connectivity index (χ3n) is 2.91. The monoisotopic (exact) mass is 218 g/mol. The molecule has 0 saturated heterocycles. The molecule has 0 saturated carbocycles. The van der Waals surface area contributed by atoms with E-state index >= 15 is 0 Å². The van der Waals surface area contributed by atoms with Gasteiger partial charge in [0.15, 0.2) is 0 Å². The number of aromatic amines is 1. The summed E-state index contributed by atoms with van der Waals surface area (Å²) in [6.07, 6.45) is 1.04. The first-order chi connectivity index (χ1) is 7.80. The van der Waals surface area contributed by atoms with Gasteiger partial charge in [-0.1, -0.05) is 6.92 Å². The fourth-order valence-corrected chi connectivity index (χ4v) is 2.15. The van der Waals surface area contributed by atoms with Gasteiger partial charge < -0.3 is 15.0 Å². The maximum atomic E-state index is 5.23. The van der Waals surface area contributed by atoms with Gasteiger partial charge in [0.1, 0.15) is 5.75 Å². The first kappa shape index (κ1) is 11.0. The molecular formula is C13H18N2O. The average molecular weight is 218 g/mol. The van der Waals surface area contributed by atoms with Crippen molar-refractivity contribution in [1.82, 2.24) is 10.3 Å². The van der Waals surface area contributed by atoms with Crippen LogP contribution in [-0.2, 0) is 13.0 Å². The Balaban J connectivity index is 2.57. The van der Waals surface area contributed by atoms with Crippen LogP contribution in [0.25, 0.3) is 10.9 Å². The lowest BCUT2D eigenvalue weighted by Crippen LogP contribution is -2.07. The van der Waals surface area contributed by atoms with Gasteiger partial charge in [-0.2, -0.15) is 0 Å². The molecule has 0 bridgehead atoms. The van der Waals surface area contributed by atoms with Crippen LogP contribution in [0.3, 0.4) is 0 Å². The highest BCUT2D eigenvalue weighted by atomic mass is 16.5. The predicted molar refractivity (Wildman–Crippen MR) is 67.0 cm³/mol. The summed E-state index contributed by atoms with van der Waals surface area (Å²) < 4.78 is 5.23. The molecule has 0 aliphatic heterocycles. The number of aromatic nitrogens is 1. The molecule has 0 unspecified atom stereocenters. The fraction of sp³-hybridized carbons (Fsp3) is 0.385. The number of hydrogen-bond acceptors (Lipinski definition) is 2. The molecule has 0 spiro atoms. The Bertz CT molecular complexity index is 488. The molecule has 3 nitrogen and oxygen atoms in total. The van der Waals surface area contributed by atoms with Crippen molar-refractivity contribution in [3.05, 3.63) is 29.5 Å². The Hall–Kier alpha value is -1.48. The second-order valence-electron chi connectivity index (χ2n) is 3.88. The van der Waals surface area contributed by atoms with Gasteiger partial charge in [0, 0.05) is 29.2 Å². The minimum atomic E-state index is 0.875. The number of benzene rings is 1. The van der Waals surface area contributed by atoms with E-state index in [4.69, 9.17) is 4.74 Å². The number of rotatable bonds is 4. The molecule has 0 aliphatic rings. The Kier molecular flexibility index (Phi) is 3.15. The van der Waals surface area contributed by atoms with Crippen molar-refractivity contribution in [1.29, 1.82) is 0 Å². The van der Waals surface area contributed by atoms with E-state index in [1.54, 1.807) is 7.11 Å². The number of aryl methyl sites for hydroxylation is 1. The lowest BCUT2D eigenvalue weighted by atomic mass is 10.1. The Labute approximate surface area is 95.8 Å². The summed E-state index contributed by atoms with van der Waals surface area (Å²) >= 11 is 0. The van der Waals surface area contributed by atoms with E-state index in [0.717, 1.165) is 24.2 Å². The molecule has 2 aromatic rings. The topological polar surface area (TPSA) is 37.0 Å². The van der Waals surface area contributed by atoms with Crippen LogP contribution in [0.2, 0.25) is 0 Å². The minimum absolute atomic E-state index is 0.875. The molecular weight excluding hydrogens is 200 g/mol. The Morgan fingerprint density at radius 1 is 1.38 bits per heavy atom. The smallest absolute Gasteiger partial charge is 0.120 e. The molecule has 0 fully saturated rings. The lowest BCUT2D eigenvalue weighted by Gasteiger charge is -2.00. The number of hydrogen-bond donors (Lipinski definition) is 2. The third-order valence-corrected chi connectivity index (χ3v) is 2.91. The van der Waals surface area contributed by atoms with Crippen LogP contribution in [0.15, 0.2) is 18.2 Å². The Morgan fingerprint density at radius 2 is 2.19 bits per heavy atom. The lowest BCUT2D eigenvalue weighted by molar-refractivity contribution is 0.415. The van der Waals surface area contributed by atoms with Crippen molar-refractivity contribution in [2.45, 2.75) is 19.9 Å². The van der Waals surface area contributed by atoms with Crippen molar-refractivity contribution < 1.29 is 4.74 Å². The number of ether oxygens (including phenoxy) is 1. The summed E-state index contributed by atoms with van der Waals surface area (Å²) in [7, 11) is 3.66. The van der Waals surface area contributed by atoms with Gasteiger partial charge in [-0.15, -0.1) is 0 Å². The second kappa shape index (κ2) is 4.58. The summed E-state index contributed by atoms with van der Waals surface area (Å²) in [6, 6.07) is 6.19. The minimum Gasteiger partial charge on any atom is -0.497 e. The van der Waals surface area contributed by atoms with Crippen LogP contribution < -0.4 is 10.1 Å². The van der Waals surface area contributed by atoms with Crippen molar-refractivity contribution in [2.24, 2.45) is 0 Å². The highest BCUT2D eigenvalue weighted by Crippen LogP contribution is 2.26. The molecule has 3 heteroatoms. The third kappa shape index (κ3) is 1.78. The van der Waals surface area contributed by atoms with Crippen LogP contribution in [-0.4, -0.2) is 19.1 Å². The van der Waals surface area contributed by atoms with Gasteiger partial charge in [0.2, 0.25) is 0 Å². The van der Waals surface area contributed by atoms with Crippen LogP contribution in [0.1, 0.15) is 18.2 Å². The summed E-state index contributed by atoms with van der Waals surface area (Å²) in [5.41, 5.74) is 3.82. The number of methoxy groups -OCH3 is 1. The van der Waals surface area contributed by atoms with Gasteiger partial charge >= 0.3 is 0 Å². The largest absolute Gasteiger partial charge is 0.497 e. The van der Waals surface area contributed by atoms with Crippen molar-refractivity contribution in [2.75, 3.05) is 14.2 Å². The van der Waals surface area contributed by atoms with Crippen molar-refractivity contribution in [3.8, 4) is 5.75 Å². The van der Waals surface area contributed by atoms with Crippen molar-refractivity contribution in [3.63, 3.8) is 0 Å². The fourth-order valence-electron chi connectivity index (χ4n) is 2.15. The van der Waals surface area contributed by atoms with E-state index < -0.39 is 0 Å². The quantitative estimate of drug-likeness (QED) is 0.827. The molecule has 1 heterocycles. The number of fused-ring (bicyclic) bond motifs is 1. The highest BCUT2D eigenvalue weighted by Gasteiger charge is 2.09. The van der Waals surface area contributed by atoms with Gasteiger partial charge in [-0.25, -0.2) is 0 Å². The van der Waals surface area contributed by atoms with E-state index in [0.29, 0.717) is 0 Å². The molecule has 0 aliphatic carbocycles. The maximum Gasteiger partial charge on any atom is 0.120 e. The van der Waals surface area contributed by atoms with Crippen LogP contribution in [0.5, 0.6) is 5.75 Å². The van der Waals surface area contributed by atoms with Crippen molar-refractivity contribution >= 4 is 10.9 Å². The zero-order valence-electron chi connectivity index (χ0n) is 10.1. The molecule has 2 N–H and O–H groups in total. The highest BCUT2D eigenvalue weighted by molar-refractivity contribution is 5.85. The van der Waals surface area contributed by atoms with E-state index in [1.807, 2.05) is 19.2 Å². The van der Waals surface area contributed by atoms with Gasteiger partial charge in [-0.05, 0) is 31.2 Å². The zero-order valence-corrected chi connectivity index (χ0v) is 10.1. The van der Waals surface area contributed by atoms with Crippen LogP contribution in [0.4, 0.5) is 0 Å². The van der Waals surface area contributed by atoms with E-state index in [9.17, 15) is 0 Å². The second-order valence-corrected chi connectivity index (χ2v) is 3.88. The molecule has 16 heavy (non-hydrogen) atoms. The molecule has 86 valence electrons.